The van der Waals surface area contributed by atoms with Crippen molar-refractivity contribution in [3.05, 3.63) is 0 Å². The summed E-state index contributed by atoms with van der Waals surface area (Å²) < 4.78 is 5.49. The molecule has 0 aromatic carbocycles. The van der Waals surface area contributed by atoms with Crippen molar-refractivity contribution in [2.75, 3.05) is 33.3 Å². The van der Waals surface area contributed by atoms with Crippen LogP contribution in [-0.2, 0) is 14.3 Å². The van der Waals surface area contributed by atoms with Gasteiger partial charge < -0.3 is 25.8 Å². The first-order valence-electron chi connectivity index (χ1n) is 6.04. The van der Waals surface area contributed by atoms with Crippen molar-refractivity contribution in [1.29, 1.82) is 0 Å². The Balaban J connectivity index is 2.21. The second kappa shape index (κ2) is 7.30. The molecule has 0 bridgehead atoms. The molecule has 1 aliphatic rings. The molecule has 104 valence electrons. The molecule has 18 heavy (non-hydrogen) atoms. The summed E-state index contributed by atoms with van der Waals surface area (Å²) in [5, 5.41) is 11.2. The average molecular weight is 259 g/mol. The molecule has 0 aromatic rings. The number of hydrogen-bond donors (Lipinski definition) is 3. The number of carbonyl (C=O) groups excluding carboxylic acids is 1. The van der Waals surface area contributed by atoms with Gasteiger partial charge in [-0.2, -0.15) is 0 Å². The van der Waals surface area contributed by atoms with Gasteiger partial charge in [-0.25, -0.2) is 0 Å². The summed E-state index contributed by atoms with van der Waals surface area (Å²) in [6.45, 7) is 2.72. The van der Waals surface area contributed by atoms with Crippen molar-refractivity contribution < 1.29 is 19.4 Å². The Kier molecular flexibility index (Phi) is 6.03. The van der Waals surface area contributed by atoms with E-state index in [9.17, 15) is 9.59 Å². The van der Waals surface area contributed by atoms with E-state index in [-0.39, 0.29) is 24.9 Å². The minimum absolute atomic E-state index is 0.0284. The third-order valence-corrected chi connectivity index (χ3v) is 2.85. The van der Waals surface area contributed by atoms with Gasteiger partial charge in [0.05, 0.1) is 18.8 Å². The minimum atomic E-state index is -0.949. The van der Waals surface area contributed by atoms with Crippen LogP contribution >= 0.6 is 0 Å². The zero-order chi connectivity index (χ0) is 13.5. The van der Waals surface area contributed by atoms with Crippen molar-refractivity contribution in [2.24, 2.45) is 5.73 Å². The number of carboxylic acid groups (broad SMARTS) is 1. The Morgan fingerprint density at radius 2 is 2.33 bits per heavy atom. The highest BCUT2D eigenvalue weighted by atomic mass is 16.5. The Hall–Kier alpha value is -1.18. The van der Waals surface area contributed by atoms with Crippen LogP contribution in [0.5, 0.6) is 0 Å². The molecule has 0 spiro atoms. The second-order valence-corrected chi connectivity index (χ2v) is 4.54. The molecule has 1 heterocycles. The van der Waals surface area contributed by atoms with Gasteiger partial charge in [-0.3, -0.25) is 9.59 Å². The first-order chi connectivity index (χ1) is 8.49. The summed E-state index contributed by atoms with van der Waals surface area (Å²) >= 11 is 0. The molecule has 2 atom stereocenters. The lowest BCUT2D eigenvalue weighted by molar-refractivity contribution is -0.137. The predicted molar refractivity (Wildman–Crippen MR) is 65.1 cm³/mol. The zero-order valence-electron chi connectivity index (χ0n) is 10.6. The monoisotopic (exact) mass is 259 g/mol. The molecule has 1 aliphatic heterocycles. The summed E-state index contributed by atoms with van der Waals surface area (Å²) in [6.07, 6.45) is 0.0171. The van der Waals surface area contributed by atoms with E-state index < -0.39 is 12.0 Å². The molecule has 1 amide bonds. The number of ether oxygens (including phenoxy) is 1. The van der Waals surface area contributed by atoms with Crippen LogP contribution < -0.4 is 11.1 Å². The SMILES string of the molecule is CN1CCOC(CNC(=O)C(N)CCC(=O)O)C1. The van der Waals surface area contributed by atoms with Gasteiger partial charge in [-0.05, 0) is 13.5 Å². The van der Waals surface area contributed by atoms with Gasteiger partial charge in [0.2, 0.25) is 5.91 Å². The lowest BCUT2D eigenvalue weighted by atomic mass is 10.1. The number of morpholine rings is 1. The van der Waals surface area contributed by atoms with Crippen molar-refractivity contribution in [3.63, 3.8) is 0 Å². The fourth-order valence-corrected chi connectivity index (χ4v) is 1.75. The number of likely N-dealkylation sites (N-methyl/N-ethyl adjacent to an activating group) is 1. The number of carboxylic acids is 1. The molecule has 1 rings (SSSR count). The van der Waals surface area contributed by atoms with Crippen LogP contribution in [0.3, 0.4) is 0 Å². The smallest absolute Gasteiger partial charge is 0.303 e. The molecular weight excluding hydrogens is 238 g/mol. The van der Waals surface area contributed by atoms with E-state index in [1.54, 1.807) is 0 Å². The second-order valence-electron chi connectivity index (χ2n) is 4.54. The van der Waals surface area contributed by atoms with E-state index in [0.717, 1.165) is 13.1 Å². The summed E-state index contributed by atoms with van der Waals surface area (Å²) in [5.41, 5.74) is 5.58. The fourth-order valence-electron chi connectivity index (χ4n) is 1.75. The van der Waals surface area contributed by atoms with Crippen LogP contribution in [0.2, 0.25) is 0 Å². The molecule has 7 heteroatoms. The molecule has 1 fully saturated rings. The number of carbonyl (C=O) groups is 2. The van der Waals surface area contributed by atoms with Crippen LogP contribution in [0.15, 0.2) is 0 Å². The van der Waals surface area contributed by atoms with Gasteiger partial charge in [0.25, 0.3) is 0 Å². The fraction of sp³-hybridized carbons (Fsp3) is 0.818. The topological polar surface area (TPSA) is 105 Å². The maximum Gasteiger partial charge on any atom is 0.303 e. The number of nitrogens with zero attached hydrogens (tertiary/aromatic N) is 1. The average Bonchev–Trinajstić information content (AvgIpc) is 2.33. The molecule has 7 nitrogen and oxygen atoms in total. The van der Waals surface area contributed by atoms with E-state index in [0.29, 0.717) is 13.2 Å². The van der Waals surface area contributed by atoms with E-state index >= 15 is 0 Å². The Morgan fingerprint density at radius 1 is 1.61 bits per heavy atom. The van der Waals surface area contributed by atoms with Gasteiger partial charge >= 0.3 is 5.97 Å². The van der Waals surface area contributed by atoms with Crippen molar-refractivity contribution in [2.45, 2.75) is 25.0 Å². The van der Waals surface area contributed by atoms with Gasteiger partial charge in [-0.15, -0.1) is 0 Å². The number of nitrogens with two attached hydrogens (primary N) is 1. The predicted octanol–water partition coefficient (Wildman–Crippen LogP) is -1.37. The first kappa shape index (κ1) is 14.9. The van der Waals surface area contributed by atoms with Crippen LogP contribution in [0, 0.1) is 0 Å². The van der Waals surface area contributed by atoms with E-state index in [4.69, 9.17) is 15.6 Å². The maximum absolute atomic E-state index is 11.6. The number of hydrogen-bond acceptors (Lipinski definition) is 5. The maximum atomic E-state index is 11.6. The summed E-state index contributed by atoms with van der Waals surface area (Å²) in [5.74, 6) is -1.27. The number of aliphatic carboxylic acids is 1. The van der Waals surface area contributed by atoms with E-state index in [2.05, 4.69) is 10.2 Å². The molecule has 4 N–H and O–H groups in total. The van der Waals surface area contributed by atoms with Gasteiger partial charge in [0.15, 0.2) is 0 Å². The quantitative estimate of drug-likeness (QED) is 0.543. The lowest BCUT2D eigenvalue weighted by Gasteiger charge is -2.30. The highest BCUT2D eigenvalue weighted by Gasteiger charge is 2.20. The number of rotatable bonds is 6. The largest absolute Gasteiger partial charge is 0.481 e. The molecule has 0 aliphatic carbocycles. The third-order valence-electron chi connectivity index (χ3n) is 2.85. The van der Waals surface area contributed by atoms with E-state index in [1.807, 2.05) is 7.05 Å². The molecule has 0 saturated carbocycles. The Morgan fingerprint density at radius 3 is 2.94 bits per heavy atom. The standard InChI is InChI=1S/C11H21N3O4/c1-14-4-5-18-8(7-14)6-13-11(17)9(12)2-3-10(15)16/h8-9H,2-7,12H2,1H3,(H,13,17)(H,15,16). The van der Waals surface area contributed by atoms with Crippen molar-refractivity contribution >= 4 is 11.9 Å². The Bertz CT molecular complexity index is 298. The summed E-state index contributed by atoms with van der Waals surface area (Å²) in [7, 11) is 2.00. The van der Waals surface area contributed by atoms with E-state index in [1.165, 1.54) is 0 Å². The minimum Gasteiger partial charge on any atom is -0.481 e. The van der Waals surface area contributed by atoms with Gasteiger partial charge in [0.1, 0.15) is 0 Å². The highest BCUT2D eigenvalue weighted by molar-refractivity contribution is 5.82. The van der Waals surface area contributed by atoms with Crippen LogP contribution in [0.4, 0.5) is 0 Å². The number of amides is 1. The zero-order valence-corrected chi connectivity index (χ0v) is 10.6. The normalized spacial score (nSPS) is 22.4. The van der Waals surface area contributed by atoms with Gasteiger partial charge in [0, 0.05) is 26.1 Å². The molecule has 2 unspecified atom stereocenters. The lowest BCUT2D eigenvalue weighted by Crippen LogP contribution is -2.49. The molecule has 1 saturated heterocycles. The molecule has 0 radical (unpaired) electrons. The van der Waals surface area contributed by atoms with Crippen LogP contribution in [-0.4, -0.2) is 67.3 Å². The summed E-state index contributed by atoms with van der Waals surface area (Å²) in [6, 6.07) is -0.776. The van der Waals surface area contributed by atoms with Crippen molar-refractivity contribution in [3.8, 4) is 0 Å². The molecule has 0 aromatic heterocycles. The Labute approximate surface area is 106 Å². The van der Waals surface area contributed by atoms with Crippen LogP contribution in [0.1, 0.15) is 12.8 Å². The van der Waals surface area contributed by atoms with Crippen molar-refractivity contribution in [1.82, 2.24) is 10.2 Å². The highest BCUT2D eigenvalue weighted by Crippen LogP contribution is 2.02. The van der Waals surface area contributed by atoms with Gasteiger partial charge in [-0.1, -0.05) is 0 Å². The first-order valence-corrected chi connectivity index (χ1v) is 6.04. The molecular formula is C11H21N3O4. The van der Waals surface area contributed by atoms with Crippen LogP contribution in [0.25, 0.3) is 0 Å². The third kappa shape index (κ3) is 5.44. The summed E-state index contributed by atoms with van der Waals surface area (Å²) in [4.78, 5) is 24.1. The number of nitrogens with one attached hydrogen (secondary N) is 1.